The number of nitrogens with zero attached hydrogens (tertiary/aromatic N) is 1. The van der Waals surface area contributed by atoms with E-state index in [1.54, 1.807) is 0 Å². The zero-order valence-corrected chi connectivity index (χ0v) is 8.34. The number of guanidine groups is 1. The SMILES string of the molecule is C[C@H](NC1=NCCN1)C1CCCC1. The Hall–Kier alpha value is -0.730. The molecule has 1 saturated carbocycles. The van der Waals surface area contributed by atoms with Crippen LogP contribution in [0.5, 0.6) is 0 Å². The molecular formula is C10H19N3. The summed E-state index contributed by atoms with van der Waals surface area (Å²) >= 11 is 0. The van der Waals surface area contributed by atoms with E-state index < -0.39 is 0 Å². The molecule has 0 aromatic carbocycles. The zero-order chi connectivity index (χ0) is 9.10. The van der Waals surface area contributed by atoms with Gasteiger partial charge >= 0.3 is 0 Å². The summed E-state index contributed by atoms with van der Waals surface area (Å²) in [4.78, 5) is 4.34. The first-order chi connectivity index (χ1) is 6.36. The second kappa shape index (κ2) is 3.99. The molecule has 0 saturated heterocycles. The van der Waals surface area contributed by atoms with E-state index in [0.717, 1.165) is 25.0 Å². The van der Waals surface area contributed by atoms with Crippen molar-refractivity contribution in [2.75, 3.05) is 13.1 Å². The summed E-state index contributed by atoms with van der Waals surface area (Å²) in [6, 6.07) is 0.590. The molecule has 3 heteroatoms. The van der Waals surface area contributed by atoms with E-state index in [9.17, 15) is 0 Å². The van der Waals surface area contributed by atoms with Crippen LogP contribution in [0.3, 0.4) is 0 Å². The maximum absolute atomic E-state index is 4.34. The molecule has 3 nitrogen and oxygen atoms in total. The van der Waals surface area contributed by atoms with Crippen LogP contribution in [0.15, 0.2) is 4.99 Å². The molecule has 0 aromatic rings. The lowest BCUT2D eigenvalue weighted by atomic mass is 10.0. The zero-order valence-electron chi connectivity index (χ0n) is 8.34. The third kappa shape index (κ3) is 2.14. The normalized spacial score (nSPS) is 25.5. The molecule has 2 aliphatic rings. The maximum atomic E-state index is 4.34. The van der Waals surface area contributed by atoms with Crippen molar-refractivity contribution in [2.45, 2.75) is 38.6 Å². The molecule has 2 rings (SSSR count). The monoisotopic (exact) mass is 181 g/mol. The number of hydrogen-bond acceptors (Lipinski definition) is 3. The molecule has 0 aromatic heterocycles. The highest BCUT2D eigenvalue weighted by molar-refractivity contribution is 5.81. The third-order valence-corrected chi connectivity index (χ3v) is 3.15. The number of rotatable bonds is 2. The Kier molecular flexibility index (Phi) is 2.71. The van der Waals surface area contributed by atoms with Crippen LogP contribution in [-0.2, 0) is 0 Å². The summed E-state index contributed by atoms with van der Waals surface area (Å²) in [6.07, 6.45) is 5.61. The van der Waals surface area contributed by atoms with Crippen molar-refractivity contribution in [3.8, 4) is 0 Å². The lowest BCUT2D eigenvalue weighted by Gasteiger charge is -2.21. The fraction of sp³-hybridized carbons (Fsp3) is 0.900. The van der Waals surface area contributed by atoms with Crippen LogP contribution in [0.2, 0.25) is 0 Å². The second-order valence-corrected chi connectivity index (χ2v) is 4.13. The Morgan fingerprint density at radius 2 is 2.23 bits per heavy atom. The summed E-state index contributed by atoms with van der Waals surface area (Å²) < 4.78 is 0. The summed E-state index contributed by atoms with van der Waals surface area (Å²) in [5.41, 5.74) is 0. The average Bonchev–Trinajstić information content (AvgIpc) is 2.74. The number of hydrogen-bond donors (Lipinski definition) is 2. The highest BCUT2D eigenvalue weighted by Gasteiger charge is 2.22. The van der Waals surface area contributed by atoms with Gasteiger partial charge in [-0.2, -0.15) is 0 Å². The van der Waals surface area contributed by atoms with Crippen LogP contribution in [0, 0.1) is 5.92 Å². The quantitative estimate of drug-likeness (QED) is 0.669. The van der Waals surface area contributed by atoms with Gasteiger partial charge in [-0.15, -0.1) is 0 Å². The predicted octanol–water partition coefficient (Wildman–Crippen LogP) is 1.11. The first-order valence-electron chi connectivity index (χ1n) is 5.41. The van der Waals surface area contributed by atoms with Gasteiger partial charge in [-0.1, -0.05) is 12.8 Å². The Morgan fingerprint density at radius 3 is 2.85 bits per heavy atom. The molecule has 1 heterocycles. The molecule has 74 valence electrons. The van der Waals surface area contributed by atoms with Crippen LogP contribution >= 0.6 is 0 Å². The van der Waals surface area contributed by atoms with Crippen LogP contribution in [0.4, 0.5) is 0 Å². The Bertz CT molecular complexity index is 194. The first-order valence-corrected chi connectivity index (χ1v) is 5.41. The topological polar surface area (TPSA) is 36.4 Å². The van der Waals surface area contributed by atoms with Crippen LogP contribution in [-0.4, -0.2) is 25.1 Å². The van der Waals surface area contributed by atoms with Crippen molar-refractivity contribution in [3.63, 3.8) is 0 Å². The highest BCUT2D eigenvalue weighted by Crippen LogP contribution is 2.27. The van der Waals surface area contributed by atoms with Gasteiger partial charge in [0.25, 0.3) is 0 Å². The molecule has 13 heavy (non-hydrogen) atoms. The minimum absolute atomic E-state index is 0.590. The van der Waals surface area contributed by atoms with Gasteiger partial charge in [0.1, 0.15) is 0 Å². The Balaban J connectivity index is 1.79. The van der Waals surface area contributed by atoms with Crippen molar-refractivity contribution >= 4 is 5.96 Å². The molecule has 1 fully saturated rings. The molecule has 0 amide bonds. The third-order valence-electron chi connectivity index (χ3n) is 3.15. The van der Waals surface area contributed by atoms with Gasteiger partial charge in [0.05, 0.1) is 6.54 Å². The van der Waals surface area contributed by atoms with Gasteiger partial charge < -0.3 is 10.6 Å². The van der Waals surface area contributed by atoms with E-state index >= 15 is 0 Å². The fourth-order valence-electron chi connectivity index (χ4n) is 2.29. The average molecular weight is 181 g/mol. The van der Waals surface area contributed by atoms with Gasteiger partial charge in [-0.05, 0) is 25.7 Å². The van der Waals surface area contributed by atoms with Crippen molar-refractivity contribution in [2.24, 2.45) is 10.9 Å². The summed E-state index contributed by atoms with van der Waals surface area (Å²) in [6.45, 7) is 4.21. The van der Waals surface area contributed by atoms with Crippen molar-refractivity contribution in [3.05, 3.63) is 0 Å². The van der Waals surface area contributed by atoms with Crippen LogP contribution in [0.25, 0.3) is 0 Å². The largest absolute Gasteiger partial charge is 0.355 e. The van der Waals surface area contributed by atoms with E-state index in [0.29, 0.717) is 6.04 Å². The molecule has 0 bridgehead atoms. The van der Waals surface area contributed by atoms with Crippen molar-refractivity contribution < 1.29 is 0 Å². The van der Waals surface area contributed by atoms with Crippen molar-refractivity contribution in [1.82, 2.24) is 10.6 Å². The molecule has 0 unspecified atom stereocenters. The van der Waals surface area contributed by atoms with E-state index in [4.69, 9.17) is 0 Å². The molecule has 1 aliphatic carbocycles. The van der Waals surface area contributed by atoms with Crippen LogP contribution in [0.1, 0.15) is 32.6 Å². The van der Waals surface area contributed by atoms with Crippen LogP contribution < -0.4 is 10.6 Å². The fourth-order valence-corrected chi connectivity index (χ4v) is 2.29. The minimum atomic E-state index is 0.590. The highest BCUT2D eigenvalue weighted by atomic mass is 15.2. The summed E-state index contributed by atoms with van der Waals surface area (Å²) in [7, 11) is 0. The predicted molar refractivity (Wildman–Crippen MR) is 54.9 cm³/mol. The van der Waals surface area contributed by atoms with E-state index in [1.165, 1.54) is 25.7 Å². The van der Waals surface area contributed by atoms with Gasteiger partial charge in [-0.3, -0.25) is 4.99 Å². The number of aliphatic imine (C=N–C) groups is 1. The maximum Gasteiger partial charge on any atom is 0.191 e. The minimum Gasteiger partial charge on any atom is -0.355 e. The molecule has 0 radical (unpaired) electrons. The molecular weight excluding hydrogens is 162 g/mol. The Labute approximate surface area is 80.0 Å². The van der Waals surface area contributed by atoms with E-state index in [2.05, 4.69) is 22.5 Å². The number of nitrogens with one attached hydrogen (secondary N) is 2. The Morgan fingerprint density at radius 1 is 1.46 bits per heavy atom. The van der Waals surface area contributed by atoms with Gasteiger partial charge in [-0.25, -0.2) is 0 Å². The molecule has 1 atom stereocenters. The van der Waals surface area contributed by atoms with Gasteiger partial charge in [0.2, 0.25) is 0 Å². The molecule has 1 aliphatic heterocycles. The lowest BCUT2D eigenvalue weighted by Crippen LogP contribution is -2.42. The smallest absolute Gasteiger partial charge is 0.191 e. The van der Waals surface area contributed by atoms with Crippen molar-refractivity contribution in [1.29, 1.82) is 0 Å². The lowest BCUT2D eigenvalue weighted by molar-refractivity contribution is 0.424. The first kappa shape index (κ1) is 8.85. The molecule has 2 N–H and O–H groups in total. The standard InChI is InChI=1S/C10H19N3/c1-8(9-4-2-3-5-9)13-10-11-6-7-12-10/h8-9H,2-7H2,1H3,(H2,11,12,13)/t8-/m0/s1. The molecule has 0 spiro atoms. The van der Waals surface area contributed by atoms with E-state index in [-0.39, 0.29) is 0 Å². The second-order valence-electron chi connectivity index (χ2n) is 4.13. The van der Waals surface area contributed by atoms with E-state index in [1.807, 2.05) is 0 Å². The summed E-state index contributed by atoms with van der Waals surface area (Å²) in [5.74, 6) is 1.88. The van der Waals surface area contributed by atoms with Gasteiger partial charge in [0.15, 0.2) is 5.96 Å². The van der Waals surface area contributed by atoms with Gasteiger partial charge in [0, 0.05) is 12.6 Å². The summed E-state index contributed by atoms with van der Waals surface area (Å²) in [5, 5.41) is 6.71.